The highest BCUT2D eigenvalue weighted by Gasteiger charge is 2.30. The van der Waals surface area contributed by atoms with Gasteiger partial charge in [-0.2, -0.15) is 0 Å². The van der Waals surface area contributed by atoms with Gasteiger partial charge < -0.3 is 11.1 Å². The van der Waals surface area contributed by atoms with Crippen molar-refractivity contribution < 1.29 is 4.79 Å². The number of nitrogens with one attached hydrogen (secondary N) is 1. The second-order valence-corrected chi connectivity index (χ2v) is 8.46. The van der Waals surface area contributed by atoms with E-state index in [-0.39, 0.29) is 11.4 Å². The smallest absolute Gasteiger partial charge is 0.265 e. The summed E-state index contributed by atoms with van der Waals surface area (Å²) in [5.74, 6) is 0.839. The third kappa shape index (κ3) is 3.79. The van der Waals surface area contributed by atoms with Crippen molar-refractivity contribution in [2.75, 3.05) is 11.1 Å². The predicted molar refractivity (Wildman–Crippen MR) is 102 cm³/mol. The lowest BCUT2D eigenvalue weighted by molar-refractivity contribution is 0.103. The Morgan fingerprint density at radius 2 is 2.26 bits per heavy atom. The Labute approximate surface area is 151 Å². The minimum Gasteiger partial charge on any atom is -0.379 e. The topological polar surface area (TPSA) is 67.5 Å². The van der Waals surface area contributed by atoms with Gasteiger partial charge in [-0.3, -0.25) is 9.79 Å². The summed E-state index contributed by atoms with van der Waals surface area (Å²) in [6, 6.07) is 9.58. The second kappa shape index (κ2) is 6.67. The molecule has 3 N–H and O–H groups in total. The molecule has 1 aromatic carbocycles. The maximum absolute atomic E-state index is 12.2. The molecule has 2 aromatic rings. The molecule has 0 saturated carbocycles. The number of nitrogens with zero attached hydrogens (tertiary/aromatic N) is 1. The van der Waals surface area contributed by atoms with Gasteiger partial charge in [0.25, 0.3) is 5.91 Å². The monoisotopic (exact) mass is 409 g/mol. The summed E-state index contributed by atoms with van der Waals surface area (Å²) in [5, 5.41) is 5.45. The molecule has 0 radical (unpaired) electrons. The van der Waals surface area contributed by atoms with Gasteiger partial charge in [0.05, 0.1) is 10.4 Å². The second-order valence-electron chi connectivity index (χ2n) is 5.48. The number of anilines is 1. The quantitative estimate of drug-likeness (QED) is 0.787. The van der Waals surface area contributed by atoms with Crippen LogP contribution in [0.3, 0.4) is 0 Å². The van der Waals surface area contributed by atoms with Gasteiger partial charge in [0, 0.05) is 15.9 Å². The molecule has 0 aliphatic carbocycles. The van der Waals surface area contributed by atoms with Crippen LogP contribution < -0.4 is 11.1 Å². The van der Waals surface area contributed by atoms with Crippen molar-refractivity contribution in [2.45, 2.75) is 18.9 Å². The zero-order chi connectivity index (χ0) is 16.4. The molecule has 1 aliphatic heterocycles. The Hall–Kier alpha value is -1.31. The lowest BCUT2D eigenvalue weighted by atomic mass is 9.89. The van der Waals surface area contributed by atoms with Crippen LogP contribution in [0.5, 0.6) is 0 Å². The highest BCUT2D eigenvalue weighted by atomic mass is 79.9. The summed E-state index contributed by atoms with van der Waals surface area (Å²) >= 11 is 6.53. The van der Waals surface area contributed by atoms with E-state index in [4.69, 9.17) is 5.73 Å². The number of carbonyl (C=O) groups excluding carboxylic acids is 1. The molecule has 2 heterocycles. The number of thiophene rings is 1. The Morgan fingerprint density at radius 1 is 1.43 bits per heavy atom. The highest BCUT2D eigenvalue weighted by molar-refractivity contribution is 9.10. The van der Waals surface area contributed by atoms with Crippen LogP contribution in [-0.2, 0) is 5.54 Å². The summed E-state index contributed by atoms with van der Waals surface area (Å²) in [6.45, 7) is 2.08. The first-order valence-corrected chi connectivity index (χ1v) is 9.76. The van der Waals surface area contributed by atoms with Gasteiger partial charge in [0.15, 0.2) is 5.17 Å². The molecule has 1 atom stereocenters. The standard InChI is InChI=1S/C16H16BrN3OS2/c1-16(4-6-23-15(18)20-16)10-7-11(17)9-12(8-10)19-14(21)13-3-2-5-22-13/h2-3,5,7-9H,4,6H2,1H3,(H2,18,20)(H,19,21). The largest absolute Gasteiger partial charge is 0.379 e. The van der Waals surface area contributed by atoms with E-state index in [0.717, 1.165) is 27.9 Å². The molecule has 120 valence electrons. The first-order valence-electron chi connectivity index (χ1n) is 7.10. The van der Waals surface area contributed by atoms with Crippen LogP contribution in [0.25, 0.3) is 0 Å². The minimum absolute atomic E-state index is 0.101. The first-order chi connectivity index (χ1) is 11.0. The van der Waals surface area contributed by atoms with Crippen molar-refractivity contribution >= 4 is 55.8 Å². The molecule has 4 nitrogen and oxygen atoms in total. The molecule has 1 unspecified atom stereocenters. The molecule has 23 heavy (non-hydrogen) atoms. The Balaban J connectivity index is 1.90. The highest BCUT2D eigenvalue weighted by Crippen LogP contribution is 2.37. The van der Waals surface area contributed by atoms with E-state index in [0.29, 0.717) is 10.0 Å². The molecule has 0 spiro atoms. The number of hydrogen-bond acceptors (Lipinski definition) is 5. The van der Waals surface area contributed by atoms with E-state index in [1.165, 1.54) is 11.3 Å². The van der Waals surface area contributed by atoms with E-state index in [2.05, 4.69) is 33.2 Å². The number of nitrogens with two attached hydrogens (primary N) is 1. The number of thioether (sulfide) groups is 1. The van der Waals surface area contributed by atoms with Crippen molar-refractivity contribution in [3.05, 3.63) is 50.6 Å². The van der Waals surface area contributed by atoms with Crippen LogP contribution in [-0.4, -0.2) is 16.8 Å². The normalized spacial score (nSPS) is 20.9. The molecule has 7 heteroatoms. The van der Waals surface area contributed by atoms with Gasteiger partial charge in [-0.25, -0.2) is 0 Å². The lowest BCUT2D eigenvalue weighted by Gasteiger charge is -2.30. The number of carbonyl (C=O) groups is 1. The number of aliphatic imine (C=N–C) groups is 1. The van der Waals surface area contributed by atoms with Crippen LogP contribution in [0, 0.1) is 0 Å². The fourth-order valence-corrected chi connectivity index (χ4v) is 4.55. The predicted octanol–water partition coefficient (Wildman–Crippen LogP) is 4.43. The van der Waals surface area contributed by atoms with Gasteiger partial charge in [0.2, 0.25) is 0 Å². The average Bonchev–Trinajstić information content (AvgIpc) is 3.00. The molecule has 0 bridgehead atoms. The summed E-state index contributed by atoms with van der Waals surface area (Å²) in [7, 11) is 0. The van der Waals surface area contributed by atoms with Gasteiger partial charge in [-0.1, -0.05) is 33.8 Å². The molecule has 1 aromatic heterocycles. The minimum atomic E-state index is -0.360. The lowest BCUT2D eigenvalue weighted by Crippen LogP contribution is -2.29. The molecule has 1 amide bonds. The van der Waals surface area contributed by atoms with E-state index in [9.17, 15) is 4.79 Å². The Bertz CT molecular complexity index is 761. The van der Waals surface area contributed by atoms with Gasteiger partial charge in [-0.05, 0) is 48.6 Å². The van der Waals surface area contributed by atoms with Crippen LogP contribution in [0.15, 0.2) is 45.2 Å². The van der Waals surface area contributed by atoms with Gasteiger partial charge >= 0.3 is 0 Å². The summed E-state index contributed by atoms with van der Waals surface area (Å²) < 4.78 is 0.907. The zero-order valence-electron chi connectivity index (χ0n) is 12.5. The molecular weight excluding hydrogens is 394 g/mol. The summed E-state index contributed by atoms with van der Waals surface area (Å²) in [4.78, 5) is 17.5. The summed E-state index contributed by atoms with van der Waals surface area (Å²) in [5.41, 5.74) is 7.33. The van der Waals surface area contributed by atoms with Crippen LogP contribution in [0.4, 0.5) is 5.69 Å². The molecule has 0 saturated heterocycles. The van der Waals surface area contributed by atoms with E-state index in [1.807, 2.05) is 35.7 Å². The Kier molecular flexibility index (Phi) is 4.79. The molecule has 3 rings (SSSR count). The SMILES string of the molecule is CC1(c2cc(Br)cc(NC(=O)c3cccs3)c2)CCSC(N)=N1. The van der Waals surface area contributed by atoms with E-state index >= 15 is 0 Å². The van der Waals surface area contributed by atoms with Crippen molar-refractivity contribution in [2.24, 2.45) is 10.7 Å². The van der Waals surface area contributed by atoms with Gasteiger partial charge in [-0.15, -0.1) is 11.3 Å². The fourth-order valence-electron chi connectivity index (χ4n) is 2.47. The van der Waals surface area contributed by atoms with Crippen molar-refractivity contribution in [1.29, 1.82) is 0 Å². The van der Waals surface area contributed by atoms with Crippen molar-refractivity contribution in [1.82, 2.24) is 0 Å². The molecule has 1 aliphatic rings. The van der Waals surface area contributed by atoms with Gasteiger partial charge in [0.1, 0.15) is 0 Å². The van der Waals surface area contributed by atoms with E-state index < -0.39 is 0 Å². The average molecular weight is 410 g/mol. The number of rotatable bonds is 3. The van der Waals surface area contributed by atoms with Crippen LogP contribution >= 0.6 is 39.0 Å². The first kappa shape index (κ1) is 16.5. The fraction of sp³-hybridized carbons (Fsp3) is 0.250. The number of amides is 1. The van der Waals surface area contributed by atoms with E-state index in [1.54, 1.807) is 11.8 Å². The number of halogens is 1. The number of benzene rings is 1. The zero-order valence-corrected chi connectivity index (χ0v) is 15.7. The number of hydrogen-bond donors (Lipinski definition) is 2. The van der Waals surface area contributed by atoms with Crippen LogP contribution in [0.1, 0.15) is 28.6 Å². The van der Waals surface area contributed by atoms with Crippen molar-refractivity contribution in [3.8, 4) is 0 Å². The third-order valence-electron chi connectivity index (χ3n) is 3.72. The maximum Gasteiger partial charge on any atom is 0.265 e. The Morgan fingerprint density at radius 3 is 2.96 bits per heavy atom. The van der Waals surface area contributed by atoms with Crippen molar-refractivity contribution in [3.63, 3.8) is 0 Å². The molecule has 0 fully saturated rings. The third-order valence-corrected chi connectivity index (χ3v) is 5.84. The summed E-state index contributed by atoms with van der Waals surface area (Å²) in [6.07, 6.45) is 0.910. The van der Waals surface area contributed by atoms with Crippen LogP contribution in [0.2, 0.25) is 0 Å². The maximum atomic E-state index is 12.2. The molecular formula is C16H16BrN3OS2. The number of amidine groups is 1.